The molecule has 7 nitrogen and oxygen atoms in total. The molecular weight excluding hydrogens is 330 g/mol. The quantitative estimate of drug-likeness (QED) is 0.906. The van der Waals surface area contributed by atoms with E-state index in [9.17, 15) is 4.79 Å². The van der Waals surface area contributed by atoms with E-state index in [1.165, 1.54) is 18.2 Å². The maximum Gasteiger partial charge on any atom is 0.271 e. The largest absolute Gasteiger partial charge is 0.361 e. The summed E-state index contributed by atoms with van der Waals surface area (Å²) in [5, 5.41) is 7.24. The van der Waals surface area contributed by atoms with Crippen LogP contribution in [0.25, 0.3) is 0 Å². The molecule has 3 heterocycles. The molecule has 1 unspecified atom stereocenters. The third-order valence-corrected chi connectivity index (χ3v) is 6.19. The summed E-state index contributed by atoms with van der Waals surface area (Å²) < 4.78 is 5.28. The average molecular weight is 355 g/mol. The van der Waals surface area contributed by atoms with Gasteiger partial charge in [-0.2, -0.15) is 0 Å². The number of carbonyl (C=O) groups excluding carboxylic acids is 1. The predicted molar refractivity (Wildman–Crippen MR) is 95.4 cm³/mol. The van der Waals surface area contributed by atoms with Gasteiger partial charge < -0.3 is 9.84 Å². The van der Waals surface area contributed by atoms with E-state index in [0.29, 0.717) is 5.69 Å². The minimum absolute atomic E-state index is 0.111. The maximum atomic E-state index is 12.4. The van der Waals surface area contributed by atoms with Crippen LogP contribution in [0.3, 0.4) is 0 Å². The van der Waals surface area contributed by atoms with Crippen LogP contribution in [0.2, 0.25) is 0 Å². The smallest absolute Gasteiger partial charge is 0.271 e. The van der Waals surface area contributed by atoms with E-state index in [1.807, 2.05) is 13.8 Å². The first-order chi connectivity index (χ1) is 12.6. The van der Waals surface area contributed by atoms with Gasteiger partial charge in [-0.15, -0.1) is 0 Å². The lowest BCUT2D eigenvalue weighted by atomic mass is 9.59. The van der Waals surface area contributed by atoms with E-state index < -0.39 is 0 Å². The lowest BCUT2D eigenvalue weighted by Crippen LogP contribution is -2.59. The van der Waals surface area contributed by atoms with Crippen LogP contribution in [0.15, 0.2) is 23.1 Å². The minimum atomic E-state index is -0.111. The second-order valence-electron chi connectivity index (χ2n) is 7.60. The van der Waals surface area contributed by atoms with Crippen molar-refractivity contribution in [3.8, 4) is 0 Å². The molecule has 1 aliphatic heterocycles. The summed E-state index contributed by atoms with van der Waals surface area (Å²) in [6.07, 6.45) is 9.12. The lowest BCUT2D eigenvalue weighted by Gasteiger charge is -2.54. The summed E-state index contributed by atoms with van der Waals surface area (Å²) in [4.78, 5) is 22.9. The fourth-order valence-electron chi connectivity index (χ4n) is 4.28. The highest BCUT2D eigenvalue weighted by Gasteiger charge is 2.48. The Morgan fingerprint density at radius 3 is 2.69 bits per heavy atom. The SMILES string of the molecule is Cc1noc(C)c1CN1CCC2(CCC2NC(=O)c2cnccn2)CC1. The third kappa shape index (κ3) is 3.11. The summed E-state index contributed by atoms with van der Waals surface area (Å²) in [6, 6.07) is 0.248. The van der Waals surface area contributed by atoms with Gasteiger partial charge in [0.25, 0.3) is 5.91 Å². The van der Waals surface area contributed by atoms with Gasteiger partial charge in [0, 0.05) is 30.5 Å². The van der Waals surface area contributed by atoms with Crippen LogP contribution in [0.1, 0.15) is 53.2 Å². The van der Waals surface area contributed by atoms with Gasteiger partial charge in [0.15, 0.2) is 0 Å². The predicted octanol–water partition coefficient (Wildman–Crippen LogP) is 2.26. The fourth-order valence-corrected chi connectivity index (χ4v) is 4.28. The van der Waals surface area contributed by atoms with E-state index in [2.05, 4.69) is 25.3 Å². The summed E-state index contributed by atoms with van der Waals surface area (Å²) in [6.45, 7) is 6.96. The maximum absolute atomic E-state index is 12.4. The number of aryl methyl sites for hydroxylation is 2. The molecule has 1 N–H and O–H groups in total. The van der Waals surface area contributed by atoms with Gasteiger partial charge in [0.1, 0.15) is 11.5 Å². The Bertz CT molecular complexity index is 761. The number of piperidine rings is 1. The lowest BCUT2D eigenvalue weighted by molar-refractivity contribution is -0.00731. The number of nitrogens with zero attached hydrogens (tertiary/aromatic N) is 4. The van der Waals surface area contributed by atoms with Crippen LogP contribution in [0.4, 0.5) is 0 Å². The molecule has 1 spiro atoms. The highest BCUT2D eigenvalue weighted by Crippen LogP contribution is 2.49. The van der Waals surface area contributed by atoms with Gasteiger partial charge in [-0.3, -0.25) is 14.7 Å². The first-order valence-electron chi connectivity index (χ1n) is 9.28. The van der Waals surface area contributed by atoms with Gasteiger partial charge in [0.05, 0.1) is 11.9 Å². The zero-order valence-electron chi connectivity index (χ0n) is 15.4. The number of aromatic nitrogens is 3. The third-order valence-electron chi connectivity index (χ3n) is 6.19. The summed E-state index contributed by atoms with van der Waals surface area (Å²) >= 11 is 0. The minimum Gasteiger partial charge on any atom is -0.361 e. The molecule has 138 valence electrons. The van der Waals surface area contributed by atoms with Gasteiger partial charge in [0.2, 0.25) is 0 Å². The molecule has 1 atom stereocenters. The van der Waals surface area contributed by atoms with Crippen molar-refractivity contribution in [2.45, 2.75) is 52.1 Å². The van der Waals surface area contributed by atoms with E-state index in [0.717, 1.165) is 50.4 Å². The van der Waals surface area contributed by atoms with Crippen molar-refractivity contribution in [1.29, 1.82) is 0 Å². The molecule has 1 saturated heterocycles. The van der Waals surface area contributed by atoms with Crippen molar-refractivity contribution in [3.63, 3.8) is 0 Å². The summed E-state index contributed by atoms with van der Waals surface area (Å²) in [5.41, 5.74) is 2.83. The monoisotopic (exact) mass is 355 g/mol. The van der Waals surface area contributed by atoms with Gasteiger partial charge in [-0.05, 0) is 58.0 Å². The molecule has 4 rings (SSSR count). The zero-order chi connectivity index (χ0) is 18.1. The van der Waals surface area contributed by atoms with E-state index in [1.54, 1.807) is 12.4 Å². The van der Waals surface area contributed by atoms with Crippen LogP contribution >= 0.6 is 0 Å². The molecular formula is C19H25N5O2. The molecule has 0 aromatic carbocycles. The molecule has 2 fully saturated rings. The zero-order valence-corrected chi connectivity index (χ0v) is 15.4. The number of nitrogens with one attached hydrogen (secondary N) is 1. The molecule has 7 heteroatoms. The van der Waals surface area contributed by atoms with E-state index in [-0.39, 0.29) is 17.4 Å². The Balaban J connectivity index is 1.34. The van der Waals surface area contributed by atoms with Crippen LogP contribution in [0, 0.1) is 19.3 Å². The molecule has 0 bridgehead atoms. The highest BCUT2D eigenvalue weighted by atomic mass is 16.5. The second-order valence-corrected chi connectivity index (χ2v) is 7.60. The first-order valence-corrected chi connectivity index (χ1v) is 9.28. The topological polar surface area (TPSA) is 84.2 Å². The first kappa shape index (κ1) is 17.1. The molecule has 1 saturated carbocycles. The van der Waals surface area contributed by atoms with E-state index in [4.69, 9.17) is 4.52 Å². The van der Waals surface area contributed by atoms with Crippen molar-refractivity contribution < 1.29 is 9.32 Å². The van der Waals surface area contributed by atoms with Gasteiger partial charge >= 0.3 is 0 Å². The van der Waals surface area contributed by atoms with Crippen LogP contribution in [0.5, 0.6) is 0 Å². The van der Waals surface area contributed by atoms with Crippen molar-refractivity contribution in [2.75, 3.05) is 13.1 Å². The van der Waals surface area contributed by atoms with Gasteiger partial charge in [-0.25, -0.2) is 4.98 Å². The number of carbonyl (C=O) groups is 1. The van der Waals surface area contributed by atoms with Crippen LogP contribution < -0.4 is 5.32 Å². The molecule has 1 aliphatic carbocycles. The Morgan fingerprint density at radius 2 is 2.12 bits per heavy atom. The van der Waals surface area contributed by atoms with E-state index >= 15 is 0 Å². The van der Waals surface area contributed by atoms with Crippen molar-refractivity contribution in [3.05, 3.63) is 41.3 Å². The normalized spacial score (nSPS) is 22.2. The van der Waals surface area contributed by atoms with Crippen LogP contribution in [-0.4, -0.2) is 45.1 Å². The molecule has 2 aliphatic rings. The van der Waals surface area contributed by atoms with Gasteiger partial charge in [-0.1, -0.05) is 5.16 Å². The molecule has 26 heavy (non-hydrogen) atoms. The number of likely N-dealkylation sites (tertiary alicyclic amines) is 1. The van der Waals surface area contributed by atoms with Crippen molar-refractivity contribution in [2.24, 2.45) is 5.41 Å². The van der Waals surface area contributed by atoms with Crippen molar-refractivity contribution in [1.82, 2.24) is 25.3 Å². The Labute approximate surface area is 153 Å². The number of hydrogen-bond donors (Lipinski definition) is 1. The number of rotatable bonds is 4. The highest BCUT2D eigenvalue weighted by molar-refractivity contribution is 5.92. The standard InChI is InChI=1S/C19H25N5O2/c1-13-15(14(2)26-23-13)12-24-9-5-19(6-10-24)4-3-17(19)22-18(25)16-11-20-7-8-21-16/h7-8,11,17H,3-6,9-10,12H2,1-2H3,(H,22,25). The molecule has 2 aromatic rings. The Morgan fingerprint density at radius 1 is 1.31 bits per heavy atom. The number of hydrogen-bond acceptors (Lipinski definition) is 6. The Kier molecular flexibility index (Phi) is 4.48. The summed E-state index contributed by atoms with van der Waals surface area (Å²) in [7, 11) is 0. The summed E-state index contributed by atoms with van der Waals surface area (Å²) in [5.74, 6) is 0.806. The van der Waals surface area contributed by atoms with Crippen molar-refractivity contribution >= 4 is 5.91 Å². The fraction of sp³-hybridized carbons (Fsp3) is 0.579. The van der Waals surface area contributed by atoms with Crippen LogP contribution in [-0.2, 0) is 6.54 Å². The number of amides is 1. The Hall–Kier alpha value is -2.28. The average Bonchev–Trinajstić information content (AvgIpc) is 2.98. The molecule has 2 aromatic heterocycles. The molecule has 1 amide bonds. The molecule has 0 radical (unpaired) electrons. The second kappa shape index (κ2) is 6.79.